The van der Waals surface area contributed by atoms with E-state index in [-0.39, 0.29) is 94.2 Å². The standard InChI is InChI=1S/3C8H14O4S.CH3.Sn/c3*1-11-7(9)3-2-4-8(10)12-5-6-13;;/h3*13H,2-6H2,1H3;1H3;/q;;;;+3/p-3. The summed E-state index contributed by atoms with van der Waals surface area (Å²) in [4.78, 5) is 66.5. The van der Waals surface area contributed by atoms with Gasteiger partial charge >= 0.3 is 63.3 Å². The Balaban J connectivity index is -0.000000243. The average Bonchev–Trinajstić information content (AvgIpc) is 2.99. The molecule has 12 nitrogen and oxygen atoms in total. The van der Waals surface area contributed by atoms with E-state index in [0.29, 0.717) is 36.5 Å². The second-order valence-corrected chi connectivity index (χ2v) is 8.29. The Kier molecular flexibility index (Phi) is 44.0. The third-order valence-electron chi connectivity index (χ3n) is 4.01. The fourth-order valence-corrected chi connectivity index (χ4v) is 2.37. The first-order chi connectivity index (χ1) is 19.6. The number of esters is 6. The molecule has 0 aliphatic rings. The van der Waals surface area contributed by atoms with Gasteiger partial charge in [-0.05, 0) is 19.3 Å². The van der Waals surface area contributed by atoms with E-state index in [2.05, 4.69) is 57.0 Å². The predicted octanol–water partition coefficient (Wildman–Crippen LogP) is 1.46. The summed E-state index contributed by atoms with van der Waals surface area (Å²) in [5.74, 6) is -0.645. The van der Waals surface area contributed by atoms with Crippen LogP contribution in [-0.4, -0.2) is 117 Å². The molecule has 0 aliphatic heterocycles. The Bertz CT molecular complexity index is 606. The van der Waals surface area contributed by atoms with Crippen molar-refractivity contribution in [2.45, 2.75) is 62.7 Å². The van der Waals surface area contributed by atoms with Crippen LogP contribution in [-0.2, 0) is 95.1 Å². The summed E-state index contributed by atoms with van der Waals surface area (Å²) in [7, 11) is 3.95. The molecule has 41 heavy (non-hydrogen) atoms. The van der Waals surface area contributed by atoms with E-state index in [1.165, 1.54) is 21.3 Å². The maximum absolute atomic E-state index is 10.9. The van der Waals surface area contributed by atoms with E-state index in [1.807, 2.05) is 0 Å². The van der Waals surface area contributed by atoms with Crippen LogP contribution < -0.4 is 0 Å². The maximum atomic E-state index is 10.9. The monoisotopic (exact) mass is 750 g/mol. The predicted molar refractivity (Wildman–Crippen MR) is 159 cm³/mol. The van der Waals surface area contributed by atoms with Gasteiger partial charge in [-0.1, -0.05) is 0 Å². The molecule has 236 valence electrons. The van der Waals surface area contributed by atoms with E-state index in [0.717, 1.165) is 0 Å². The molecule has 0 bridgehead atoms. The molecule has 16 heteroatoms. The number of hydrogen-bond donors (Lipinski definition) is 0. The number of methoxy groups -OCH3 is 3. The molecule has 0 amide bonds. The minimum absolute atomic E-state index is 0.241. The van der Waals surface area contributed by atoms with Crippen molar-refractivity contribution in [2.75, 3.05) is 58.4 Å². The summed E-state index contributed by atoms with van der Waals surface area (Å²) < 4.78 is 27.4. The Hall–Kier alpha value is -1.33. The molecule has 0 spiro atoms. The molecule has 0 rings (SSSR count). The summed E-state index contributed by atoms with van der Waals surface area (Å²) in [6, 6.07) is 0. The zero-order chi connectivity index (χ0) is 32.3. The Morgan fingerprint density at radius 2 is 0.634 bits per heavy atom. The van der Waals surface area contributed by atoms with E-state index in [4.69, 9.17) is 14.2 Å². The number of rotatable bonds is 18. The van der Waals surface area contributed by atoms with Crippen molar-refractivity contribution in [1.82, 2.24) is 0 Å². The third-order valence-corrected chi connectivity index (χ3v) is 4.51. The molecule has 0 N–H and O–H groups in total. The van der Waals surface area contributed by atoms with Gasteiger partial charge in [0.05, 0.1) is 41.2 Å². The average molecular weight is 750 g/mol. The fraction of sp³-hybridized carbons (Fsp3) is 0.760. The molecule has 0 aromatic carbocycles. The van der Waals surface area contributed by atoms with Gasteiger partial charge in [0.15, 0.2) is 0 Å². The molecule has 0 saturated heterocycles. The van der Waals surface area contributed by atoms with E-state index >= 15 is 0 Å². The molecular formula is C25H42O12S3Sn. The molecule has 0 aromatic heterocycles. The van der Waals surface area contributed by atoms with Gasteiger partial charge in [-0.2, -0.15) is 0 Å². The molecule has 0 aliphatic carbocycles. The van der Waals surface area contributed by atoms with Crippen molar-refractivity contribution >= 4 is 96.2 Å². The van der Waals surface area contributed by atoms with Crippen molar-refractivity contribution < 1.29 is 57.2 Å². The zero-order valence-electron chi connectivity index (χ0n) is 24.2. The third kappa shape index (κ3) is 43.3. The van der Waals surface area contributed by atoms with Gasteiger partial charge in [-0.3, -0.25) is 28.8 Å². The van der Waals surface area contributed by atoms with Crippen LogP contribution in [0.1, 0.15) is 57.8 Å². The first-order valence-electron chi connectivity index (χ1n) is 12.5. The zero-order valence-corrected chi connectivity index (χ0v) is 29.5. The van der Waals surface area contributed by atoms with Crippen LogP contribution in [0, 0.1) is 0 Å². The van der Waals surface area contributed by atoms with Gasteiger partial charge in [0.25, 0.3) is 0 Å². The Morgan fingerprint density at radius 3 is 0.805 bits per heavy atom. The molecule has 0 saturated carbocycles. The van der Waals surface area contributed by atoms with E-state index in [9.17, 15) is 28.8 Å². The van der Waals surface area contributed by atoms with Gasteiger partial charge in [-0.25, -0.2) is 0 Å². The number of carbonyl (C=O) groups excluding carboxylic acids is 6. The van der Waals surface area contributed by atoms with Crippen molar-refractivity contribution in [3.05, 3.63) is 0 Å². The molecule has 0 heterocycles. The summed E-state index contributed by atoms with van der Waals surface area (Å²) in [5.41, 5.74) is 0. The number of hydrogen-bond acceptors (Lipinski definition) is 15. The van der Waals surface area contributed by atoms with Crippen LogP contribution in [0.15, 0.2) is 0 Å². The van der Waals surface area contributed by atoms with E-state index < -0.39 is 0 Å². The van der Waals surface area contributed by atoms with Gasteiger partial charge in [-0.15, -0.1) is 17.3 Å². The SMILES string of the molecule is COC(=O)CCCC(=O)OCC[S-].COC(=O)CCCC(=O)OCC[S-].COC(=O)CCCC(=O)OCC[S-].[CH3][Sn+3]. The first kappa shape index (κ1) is 46.6. The number of ether oxygens (including phenoxy) is 6. The second kappa shape index (κ2) is 38.7. The van der Waals surface area contributed by atoms with Crippen molar-refractivity contribution in [1.29, 1.82) is 0 Å². The van der Waals surface area contributed by atoms with Crippen LogP contribution in [0.3, 0.4) is 0 Å². The first-order valence-corrected chi connectivity index (χ1v) is 17.1. The van der Waals surface area contributed by atoms with Gasteiger partial charge in [0.2, 0.25) is 0 Å². The minimum atomic E-state index is -0.311. The van der Waals surface area contributed by atoms with Crippen molar-refractivity contribution in [2.24, 2.45) is 0 Å². The fourth-order valence-electron chi connectivity index (χ4n) is 2.12. The molecule has 0 radical (unpaired) electrons. The molecule has 0 unspecified atom stereocenters. The molecule has 0 aromatic rings. The number of carbonyl (C=O) groups is 6. The summed E-state index contributed by atoms with van der Waals surface area (Å²) in [6.07, 6.45) is 2.85. The van der Waals surface area contributed by atoms with Crippen LogP contribution in [0.2, 0.25) is 4.94 Å². The quantitative estimate of drug-likeness (QED) is 0.0858. The molecule has 0 fully saturated rings. The normalized spacial score (nSPS) is 9.10. The Labute approximate surface area is 273 Å². The Morgan fingerprint density at radius 1 is 0.439 bits per heavy atom. The van der Waals surface area contributed by atoms with E-state index in [1.54, 1.807) is 22.5 Å². The van der Waals surface area contributed by atoms with Crippen LogP contribution in [0.4, 0.5) is 0 Å². The van der Waals surface area contributed by atoms with Gasteiger partial charge in [0, 0.05) is 38.5 Å². The van der Waals surface area contributed by atoms with Gasteiger partial charge < -0.3 is 66.3 Å². The summed E-state index contributed by atoms with van der Waals surface area (Å²) in [5, 5.41) is 0. The summed E-state index contributed by atoms with van der Waals surface area (Å²) >= 11 is 15.3. The van der Waals surface area contributed by atoms with Crippen LogP contribution in [0.5, 0.6) is 0 Å². The van der Waals surface area contributed by atoms with Crippen molar-refractivity contribution in [3.63, 3.8) is 0 Å². The van der Waals surface area contributed by atoms with Crippen LogP contribution >= 0.6 is 0 Å². The summed E-state index contributed by atoms with van der Waals surface area (Å²) in [6.45, 7) is 0.811. The second-order valence-electron chi connectivity index (χ2n) is 7.06. The molecular weight excluding hydrogens is 707 g/mol. The van der Waals surface area contributed by atoms with Gasteiger partial charge in [0.1, 0.15) is 0 Å². The van der Waals surface area contributed by atoms with Crippen molar-refractivity contribution in [3.8, 4) is 0 Å². The topological polar surface area (TPSA) is 158 Å². The van der Waals surface area contributed by atoms with Crippen LogP contribution in [0.25, 0.3) is 0 Å². The molecule has 0 atom stereocenters.